The van der Waals surface area contributed by atoms with Gasteiger partial charge in [-0.3, -0.25) is 0 Å². The van der Waals surface area contributed by atoms with Crippen LogP contribution in [-0.4, -0.2) is 63.2 Å². The molecule has 0 saturated heterocycles. The van der Waals surface area contributed by atoms with Crippen LogP contribution < -0.4 is 5.32 Å². The number of rotatable bonds is 8. The Labute approximate surface area is 93.9 Å². The fourth-order valence-corrected chi connectivity index (χ4v) is 1.44. The Bertz CT molecular complexity index is 186. The molecule has 15 heavy (non-hydrogen) atoms. The van der Waals surface area contributed by atoms with E-state index < -0.39 is 0 Å². The first-order chi connectivity index (χ1) is 7.13. The van der Waals surface area contributed by atoms with Crippen molar-refractivity contribution in [2.24, 2.45) is 0 Å². The number of nitriles is 1. The van der Waals surface area contributed by atoms with E-state index in [4.69, 9.17) is 5.26 Å². The van der Waals surface area contributed by atoms with Crippen LogP contribution in [-0.2, 0) is 0 Å². The summed E-state index contributed by atoms with van der Waals surface area (Å²) in [7, 11) is 6.01. The van der Waals surface area contributed by atoms with Crippen molar-refractivity contribution in [3.63, 3.8) is 0 Å². The van der Waals surface area contributed by atoms with Gasteiger partial charge in [0.15, 0.2) is 0 Å². The molecule has 0 heterocycles. The molecule has 0 radical (unpaired) electrons. The molecule has 0 aliphatic carbocycles. The van der Waals surface area contributed by atoms with Crippen molar-refractivity contribution < 1.29 is 0 Å². The minimum Gasteiger partial charge on any atom is -0.309 e. The molecule has 1 N–H and O–H groups in total. The van der Waals surface area contributed by atoms with E-state index in [2.05, 4.69) is 42.2 Å². The topological polar surface area (TPSA) is 42.3 Å². The summed E-state index contributed by atoms with van der Waals surface area (Å²) in [5.41, 5.74) is 0. The van der Waals surface area contributed by atoms with Gasteiger partial charge in [-0.25, -0.2) is 0 Å². The lowest BCUT2D eigenvalue weighted by Crippen LogP contribution is -2.39. The molecule has 0 aliphatic rings. The third-order valence-corrected chi connectivity index (χ3v) is 2.47. The van der Waals surface area contributed by atoms with E-state index in [1.165, 1.54) is 0 Å². The Kier molecular flexibility index (Phi) is 8.30. The van der Waals surface area contributed by atoms with Crippen LogP contribution in [0.25, 0.3) is 0 Å². The maximum atomic E-state index is 8.84. The van der Waals surface area contributed by atoms with Gasteiger partial charge < -0.3 is 15.1 Å². The average Bonchev–Trinajstić information content (AvgIpc) is 2.22. The first-order valence-corrected chi connectivity index (χ1v) is 5.58. The molecule has 0 bridgehead atoms. The molecule has 1 atom stereocenters. The number of hydrogen-bond donors (Lipinski definition) is 1. The summed E-state index contributed by atoms with van der Waals surface area (Å²) < 4.78 is 0. The van der Waals surface area contributed by atoms with Gasteiger partial charge in [-0.05, 0) is 47.2 Å². The predicted molar refractivity (Wildman–Crippen MR) is 63.7 cm³/mol. The van der Waals surface area contributed by atoms with Crippen LogP contribution in [0.1, 0.15) is 13.3 Å². The van der Waals surface area contributed by atoms with Crippen molar-refractivity contribution in [3.05, 3.63) is 0 Å². The molecule has 0 aromatic heterocycles. The van der Waals surface area contributed by atoms with Crippen LogP contribution >= 0.6 is 0 Å². The van der Waals surface area contributed by atoms with Crippen molar-refractivity contribution in [2.75, 3.05) is 47.3 Å². The molecule has 0 fully saturated rings. The van der Waals surface area contributed by atoms with Crippen LogP contribution in [0.3, 0.4) is 0 Å². The number of nitrogens with one attached hydrogen (secondary N) is 1. The number of hydrogen-bond acceptors (Lipinski definition) is 4. The third-order valence-electron chi connectivity index (χ3n) is 2.47. The van der Waals surface area contributed by atoms with Crippen molar-refractivity contribution in [2.45, 2.75) is 19.4 Å². The zero-order chi connectivity index (χ0) is 11.7. The highest BCUT2D eigenvalue weighted by Crippen LogP contribution is 1.95. The summed E-state index contributed by atoms with van der Waals surface area (Å²) in [4.78, 5) is 4.50. The largest absolute Gasteiger partial charge is 0.309 e. The Morgan fingerprint density at radius 1 is 1.33 bits per heavy atom. The zero-order valence-corrected chi connectivity index (χ0v) is 10.5. The highest BCUT2D eigenvalue weighted by Gasteiger charge is 2.09. The molecule has 0 saturated carbocycles. The molecule has 0 spiro atoms. The maximum Gasteiger partial charge on any atom is 0.108 e. The molecule has 0 aromatic carbocycles. The van der Waals surface area contributed by atoms with Gasteiger partial charge in [-0.1, -0.05) is 6.92 Å². The molecule has 0 aromatic rings. The van der Waals surface area contributed by atoms with Crippen molar-refractivity contribution in [1.82, 2.24) is 15.1 Å². The maximum absolute atomic E-state index is 8.84. The monoisotopic (exact) mass is 212 g/mol. The number of likely N-dealkylation sites (N-methyl/N-ethyl adjacent to an activating group) is 2. The van der Waals surface area contributed by atoms with Gasteiger partial charge in [0.1, 0.15) is 6.04 Å². The van der Waals surface area contributed by atoms with E-state index in [-0.39, 0.29) is 6.04 Å². The average molecular weight is 212 g/mol. The van der Waals surface area contributed by atoms with Crippen LogP contribution in [0.5, 0.6) is 0 Å². The summed E-state index contributed by atoms with van der Waals surface area (Å²) in [6.07, 6.45) is 1.16. The zero-order valence-electron chi connectivity index (χ0n) is 10.5. The number of nitrogens with zero attached hydrogens (tertiary/aromatic N) is 3. The predicted octanol–water partition coefficient (Wildman–Crippen LogP) is 0.372. The van der Waals surface area contributed by atoms with Crippen LogP contribution in [0.15, 0.2) is 0 Å². The molecule has 0 rings (SSSR count). The summed E-state index contributed by atoms with van der Waals surface area (Å²) in [6, 6.07) is 2.20. The molecule has 88 valence electrons. The van der Waals surface area contributed by atoms with Crippen molar-refractivity contribution in [3.8, 4) is 6.07 Å². The normalized spacial score (nSPS) is 13.1. The first kappa shape index (κ1) is 14.4. The van der Waals surface area contributed by atoms with Gasteiger partial charge in [-0.15, -0.1) is 0 Å². The fourth-order valence-electron chi connectivity index (χ4n) is 1.44. The summed E-state index contributed by atoms with van der Waals surface area (Å²) in [5, 5.41) is 11.8. The minimum atomic E-state index is -0.0516. The van der Waals surface area contributed by atoms with Crippen LogP contribution in [0, 0.1) is 11.3 Å². The van der Waals surface area contributed by atoms with E-state index in [0.29, 0.717) is 0 Å². The second-order valence-corrected chi connectivity index (χ2v) is 4.02. The van der Waals surface area contributed by atoms with E-state index in [1.807, 2.05) is 7.05 Å². The quantitative estimate of drug-likeness (QED) is 0.631. The first-order valence-electron chi connectivity index (χ1n) is 5.58. The van der Waals surface area contributed by atoms with E-state index in [9.17, 15) is 0 Å². The summed E-state index contributed by atoms with van der Waals surface area (Å²) >= 11 is 0. The Hall–Kier alpha value is -0.630. The molecule has 1 unspecified atom stereocenters. The highest BCUT2D eigenvalue weighted by molar-refractivity contribution is 4.90. The Balaban J connectivity index is 3.77. The second kappa shape index (κ2) is 8.66. The summed E-state index contributed by atoms with van der Waals surface area (Å²) in [5.74, 6) is 0. The lowest BCUT2D eigenvalue weighted by atomic mass is 10.2. The smallest absolute Gasteiger partial charge is 0.108 e. The van der Waals surface area contributed by atoms with E-state index in [0.717, 1.165) is 32.6 Å². The van der Waals surface area contributed by atoms with Crippen LogP contribution in [0.4, 0.5) is 0 Å². The lowest BCUT2D eigenvalue weighted by molar-refractivity contribution is 0.255. The highest BCUT2D eigenvalue weighted by atomic mass is 15.1. The fraction of sp³-hybridized carbons (Fsp3) is 0.909. The molecule has 0 amide bonds. The minimum absolute atomic E-state index is 0.0516. The molecule has 0 aliphatic heterocycles. The van der Waals surface area contributed by atoms with Gasteiger partial charge in [0, 0.05) is 6.54 Å². The van der Waals surface area contributed by atoms with Crippen LogP contribution in [0.2, 0.25) is 0 Å². The van der Waals surface area contributed by atoms with Gasteiger partial charge >= 0.3 is 0 Å². The van der Waals surface area contributed by atoms with Gasteiger partial charge in [0.05, 0.1) is 6.07 Å². The SMILES string of the molecule is CCN(CCCN(C)C)CC(C#N)NC. The van der Waals surface area contributed by atoms with Crippen molar-refractivity contribution >= 4 is 0 Å². The van der Waals surface area contributed by atoms with Crippen molar-refractivity contribution in [1.29, 1.82) is 5.26 Å². The van der Waals surface area contributed by atoms with Gasteiger partial charge in [-0.2, -0.15) is 5.26 Å². The Morgan fingerprint density at radius 3 is 2.40 bits per heavy atom. The summed E-state index contributed by atoms with van der Waals surface area (Å²) in [6.45, 7) is 6.13. The lowest BCUT2D eigenvalue weighted by Gasteiger charge is -2.23. The Morgan fingerprint density at radius 2 is 2.00 bits per heavy atom. The molecular formula is C11H24N4. The molecular weight excluding hydrogens is 188 g/mol. The second-order valence-electron chi connectivity index (χ2n) is 4.02. The standard InChI is InChI=1S/C11H24N4/c1-5-15(8-6-7-14(3)4)10-11(9-12)13-2/h11,13H,5-8,10H2,1-4H3. The molecule has 4 nitrogen and oxygen atoms in total. The van der Waals surface area contributed by atoms with Gasteiger partial charge in [0.2, 0.25) is 0 Å². The molecule has 4 heteroatoms. The van der Waals surface area contributed by atoms with E-state index >= 15 is 0 Å². The third kappa shape index (κ3) is 7.32. The van der Waals surface area contributed by atoms with Gasteiger partial charge in [0.25, 0.3) is 0 Å². The van der Waals surface area contributed by atoms with E-state index in [1.54, 1.807) is 0 Å².